The van der Waals surface area contributed by atoms with Gasteiger partial charge >= 0.3 is 0 Å². The monoisotopic (exact) mass is 452 g/mol. The second-order valence-corrected chi connectivity index (χ2v) is 8.32. The maximum absolute atomic E-state index is 13.4. The third-order valence-corrected chi connectivity index (χ3v) is 5.58. The van der Waals surface area contributed by atoms with Crippen LogP contribution in [0.25, 0.3) is 0 Å². The van der Waals surface area contributed by atoms with Crippen LogP contribution in [0.5, 0.6) is 0 Å². The number of rotatable bonds is 6. The lowest BCUT2D eigenvalue weighted by Crippen LogP contribution is -2.30. The van der Waals surface area contributed by atoms with Gasteiger partial charge in [-0.2, -0.15) is 5.26 Å². The first-order valence-corrected chi connectivity index (χ1v) is 11.0. The quantitative estimate of drug-likeness (QED) is 0.389. The highest BCUT2D eigenvalue weighted by atomic mass is 32.2. The summed E-state index contributed by atoms with van der Waals surface area (Å²) in [6.07, 6.45) is 4.88. The van der Waals surface area contributed by atoms with Crippen molar-refractivity contribution in [3.63, 3.8) is 0 Å². The molecule has 0 radical (unpaired) electrons. The Morgan fingerprint density at radius 3 is 2.39 bits per heavy atom. The highest BCUT2D eigenvalue weighted by Crippen LogP contribution is 2.24. The number of anilines is 1. The van der Waals surface area contributed by atoms with E-state index in [2.05, 4.69) is 26.0 Å². The molecule has 0 atom stereocenters. The summed E-state index contributed by atoms with van der Waals surface area (Å²) in [5.74, 6) is -0.195. The predicted octanol–water partition coefficient (Wildman–Crippen LogP) is 4.75. The van der Waals surface area contributed by atoms with Crippen molar-refractivity contribution in [2.24, 2.45) is 0 Å². The average Bonchev–Trinajstić information content (AvgIpc) is 2.83. The van der Waals surface area contributed by atoms with E-state index >= 15 is 0 Å². The number of aromatic nitrogens is 4. The number of aryl methyl sites for hydroxylation is 2. The molecule has 3 aromatic heterocycles. The minimum atomic E-state index is -0.195. The zero-order chi connectivity index (χ0) is 23.2. The maximum Gasteiger partial charge on any atom is 0.260 e. The molecule has 4 aromatic rings. The Bertz CT molecular complexity index is 1280. The fraction of sp³-hybridized carbons (Fsp3) is 0.120. The number of nitriles is 1. The Morgan fingerprint density at radius 1 is 1.03 bits per heavy atom. The molecule has 1 amide bonds. The molecule has 3 heterocycles. The van der Waals surface area contributed by atoms with Crippen LogP contribution in [-0.2, 0) is 6.54 Å². The molecular formula is C25H20N6OS. The van der Waals surface area contributed by atoms with Crippen molar-refractivity contribution in [2.45, 2.75) is 30.6 Å². The van der Waals surface area contributed by atoms with E-state index in [1.165, 1.54) is 11.8 Å². The summed E-state index contributed by atoms with van der Waals surface area (Å²) in [6, 6.07) is 18.4. The van der Waals surface area contributed by atoms with Crippen molar-refractivity contribution < 1.29 is 4.79 Å². The first-order valence-electron chi connectivity index (χ1n) is 10.2. The molecule has 0 N–H and O–H groups in total. The molecule has 0 bridgehead atoms. The molecule has 0 saturated heterocycles. The van der Waals surface area contributed by atoms with E-state index < -0.39 is 0 Å². The van der Waals surface area contributed by atoms with E-state index in [9.17, 15) is 4.79 Å². The van der Waals surface area contributed by atoms with E-state index in [1.54, 1.807) is 53.8 Å². The van der Waals surface area contributed by atoms with Gasteiger partial charge in [0, 0.05) is 23.8 Å². The Balaban J connectivity index is 1.57. The molecule has 0 fully saturated rings. The molecule has 0 aliphatic heterocycles. The highest BCUT2D eigenvalue weighted by molar-refractivity contribution is 7.99. The van der Waals surface area contributed by atoms with Gasteiger partial charge < -0.3 is 4.90 Å². The van der Waals surface area contributed by atoms with Crippen molar-refractivity contribution in [1.82, 2.24) is 19.9 Å². The standard InChI is InChI=1S/C25H20N6OS/c1-17-12-18(2)30-25(29-17)33-23-10-9-21(14-28-23)24(32)31(22-4-3-11-27-15-22)16-20-7-5-19(13-26)6-8-20/h3-12,14-15H,16H2,1-2H3. The van der Waals surface area contributed by atoms with Crippen LogP contribution in [0.3, 0.4) is 0 Å². The lowest BCUT2D eigenvalue weighted by atomic mass is 10.1. The molecule has 0 unspecified atom stereocenters. The summed E-state index contributed by atoms with van der Waals surface area (Å²) in [7, 11) is 0. The summed E-state index contributed by atoms with van der Waals surface area (Å²) in [4.78, 5) is 32.5. The van der Waals surface area contributed by atoms with Crippen LogP contribution in [0.1, 0.15) is 32.9 Å². The molecule has 4 rings (SSSR count). The summed E-state index contributed by atoms with van der Waals surface area (Å²) < 4.78 is 0. The summed E-state index contributed by atoms with van der Waals surface area (Å²) >= 11 is 1.35. The summed E-state index contributed by atoms with van der Waals surface area (Å²) in [6.45, 7) is 4.19. The van der Waals surface area contributed by atoms with Crippen molar-refractivity contribution in [3.8, 4) is 6.07 Å². The molecule has 7 nitrogen and oxygen atoms in total. The van der Waals surface area contributed by atoms with Crippen molar-refractivity contribution in [3.05, 3.63) is 101 Å². The fourth-order valence-electron chi connectivity index (χ4n) is 3.22. The average molecular weight is 453 g/mol. The Morgan fingerprint density at radius 2 is 1.79 bits per heavy atom. The van der Waals surface area contributed by atoms with Crippen LogP contribution < -0.4 is 4.90 Å². The highest BCUT2D eigenvalue weighted by Gasteiger charge is 2.19. The minimum Gasteiger partial charge on any atom is -0.302 e. The van der Waals surface area contributed by atoms with Gasteiger partial charge in [-0.05, 0) is 73.6 Å². The van der Waals surface area contributed by atoms with Gasteiger partial charge in [0.05, 0.1) is 35.6 Å². The van der Waals surface area contributed by atoms with Crippen molar-refractivity contribution >= 4 is 23.4 Å². The maximum atomic E-state index is 13.4. The van der Waals surface area contributed by atoms with E-state index in [-0.39, 0.29) is 5.91 Å². The zero-order valence-corrected chi connectivity index (χ0v) is 19.0. The Labute approximate surface area is 196 Å². The fourth-order valence-corrected chi connectivity index (χ4v) is 4.02. The Kier molecular flexibility index (Phi) is 6.72. The first-order chi connectivity index (χ1) is 16.0. The summed E-state index contributed by atoms with van der Waals surface area (Å²) in [5.41, 5.74) is 4.40. The van der Waals surface area contributed by atoms with Gasteiger partial charge in [-0.25, -0.2) is 15.0 Å². The van der Waals surface area contributed by atoms with Crippen LogP contribution in [0, 0.1) is 25.2 Å². The number of hydrogen-bond donors (Lipinski definition) is 0. The van der Waals surface area contributed by atoms with Gasteiger partial charge in [0.15, 0.2) is 5.16 Å². The van der Waals surface area contributed by atoms with Gasteiger partial charge in [-0.15, -0.1) is 0 Å². The van der Waals surface area contributed by atoms with Crippen molar-refractivity contribution in [1.29, 1.82) is 5.26 Å². The van der Waals surface area contributed by atoms with E-state index in [4.69, 9.17) is 5.26 Å². The number of nitrogens with zero attached hydrogens (tertiary/aromatic N) is 6. The largest absolute Gasteiger partial charge is 0.302 e. The van der Waals surface area contributed by atoms with Crippen LogP contribution in [0.15, 0.2) is 83.4 Å². The van der Waals surface area contributed by atoms with Gasteiger partial charge in [-0.1, -0.05) is 12.1 Å². The molecule has 0 aliphatic rings. The molecule has 0 aliphatic carbocycles. The van der Waals surface area contributed by atoms with Crippen LogP contribution >= 0.6 is 11.8 Å². The van der Waals surface area contributed by atoms with Gasteiger partial charge in [0.2, 0.25) is 0 Å². The topological polar surface area (TPSA) is 95.7 Å². The minimum absolute atomic E-state index is 0.195. The second-order valence-electron chi connectivity index (χ2n) is 7.33. The lowest BCUT2D eigenvalue weighted by Gasteiger charge is -2.22. The SMILES string of the molecule is Cc1cc(C)nc(Sc2ccc(C(=O)N(Cc3ccc(C#N)cc3)c3cccnc3)cn2)n1. The molecule has 0 spiro atoms. The van der Waals surface area contributed by atoms with Crippen LogP contribution in [-0.4, -0.2) is 25.8 Å². The normalized spacial score (nSPS) is 10.5. The molecule has 0 saturated carbocycles. The van der Waals surface area contributed by atoms with Crippen molar-refractivity contribution in [2.75, 3.05) is 4.90 Å². The van der Waals surface area contributed by atoms with Gasteiger partial charge in [0.25, 0.3) is 5.91 Å². The zero-order valence-electron chi connectivity index (χ0n) is 18.1. The van der Waals surface area contributed by atoms with E-state index in [0.29, 0.717) is 33.5 Å². The number of carbonyl (C=O) groups excluding carboxylic acids is 1. The number of benzene rings is 1. The Hall–Kier alpha value is -4.09. The van der Waals surface area contributed by atoms with Crippen LogP contribution in [0.4, 0.5) is 5.69 Å². The molecule has 8 heteroatoms. The third kappa shape index (κ3) is 5.59. The number of hydrogen-bond acceptors (Lipinski definition) is 7. The molecule has 33 heavy (non-hydrogen) atoms. The third-order valence-electron chi connectivity index (χ3n) is 4.77. The van der Waals surface area contributed by atoms with Gasteiger partial charge in [0.1, 0.15) is 5.03 Å². The lowest BCUT2D eigenvalue weighted by molar-refractivity contribution is 0.0984. The molecule has 1 aromatic carbocycles. The summed E-state index contributed by atoms with van der Waals surface area (Å²) in [5, 5.41) is 10.4. The number of pyridine rings is 2. The number of amides is 1. The number of carbonyl (C=O) groups is 1. The smallest absolute Gasteiger partial charge is 0.260 e. The van der Waals surface area contributed by atoms with E-state index in [1.807, 2.05) is 38.1 Å². The second kappa shape index (κ2) is 10.0. The van der Waals surface area contributed by atoms with Gasteiger partial charge in [-0.3, -0.25) is 9.78 Å². The first kappa shape index (κ1) is 22.1. The van der Waals surface area contributed by atoms with E-state index in [0.717, 1.165) is 17.0 Å². The molecule has 162 valence electrons. The predicted molar refractivity (Wildman–Crippen MR) is 126 cm³/mol. The van der Waals surface area contributed by atoms with Crippen LogP contribution in [0.2, 0.25) is 0 Å². The molecular weight excluding hydrogens is 432 g/mol.